The normalized spacial score (nSPS) is 19.3. The lowest BCUT2D eigenvalue weighted by Gasteiger charge is -2.45. The molecule has 3 atom stereocenters. The van der Waals surface area contributed by atoms with Crippen LogP contribution >= 0.6 is 0 Å². The summed E-state index contributed by atoms with van der Waals surface area (Å²) in [5, 5.41) is 29.4. The molecule has 1 aliphatic rings. The van der Waals surface area contributed by atoms with Crippen LogP contribution in [0.1, 0.15) is 114 Å². The molecule has 1 heterocycles. The van der Waals surface area contributed by atoms with Gasteiger partial charge in [0.2, 0.25) is 0 Å². The number of aromatic hydroxyl groups is 2. The topological polar surface area (TPSA) is 87.0 Å². The fourth-order valence-corrected chi connectivity index (χ4v) is 6.60. The van der Waals surface area contributed by atoms with Gasteiger partial charge in [0.15, 0.2) is 0 Å². The highest BCUT2D eigenvalue weighted by Gasteiger charge is 2.56. The van der Waals surface area contributed by atoms with E-state index in [-0.39, 0.29) is 42.1 Å². The van der Waals surface area contributed by atoms with Gasteiger partial charge in [0.1, 0.15) is 17.2 Å². The number of ether oxygens (including phenoxy) is 1. The van der Waals surface area contributed by atoms with Crippen molar-refractivity contribution in [2.24, 2.45) is 5.92 Å². The van der Waals surface area contributed by atoms with Gasteiger partial charge in [0.05, 0.1) is 12.5 Å². The van der Waals surface area contributed by atoms with Gasteiger partial charge in [0, 0.05) is 23.8 Å². The number of carboxylic acids is 1. The van der Waals surface area contributed by atoms with E-state index in [1.54, 1.807) is 24.3 Å². The zero-order chi connectivity index (χ0) is 32.4. The van der Waals surface area contributed by atoms with E-state index in [2.05, 4.69) is 6.92 Å². The van der Waals surface area contributed by atoms with Crippen molar-refractivity contribution in [2.45, 2.75) is 120 Å². The maximum absolute atomic E-state index is 13.1. The van der Waals surface area contributed by atoms with E-state index >= 15 is 0 Å². The van der Waals surface area contributed by atoms with Crippen LogP contribution in [-0.4, -0.2) is 40.0 Å². The maximum atomic E-state index is 13.1. The molecule has 3 unspecified atom stereocenters. The summed E-state index contributed by atoms with van der Waals surface area (Å²) in [4.78, 5) is 11.6. The molecule has 5 nitrogen and oxygen atoms in total. The van der Waals surface area contributed by atoms with Crippen molar-refractivity contribution in [2.75, 3.05) is 6.61 Å². The summed E-state index contributed by atoms with van der Waals surface area (Å²) in [6.07, 6.45) is 1.29. The summed E-state index contributed by atoms with van der Waals surface area (Å²) in [6.45, 7) is 2.62. The van der Waals surface area contributed by atoms with Crippen LogP contribution in [-0.2, 0) is 10.2 Å². The minimum atomic E-state index is -5.58. The Hall–Kier alpha value is -3.04. The fourth-order valence-electron chi connectivity index (χ4n) is 6.60. The number of carbonyl (C=O) groups is 1. The van der Waals surface area contributed by atoms with E-state index in [1.165, 1.54) is 0 Å². The van der Waals surface area contributed by atoms with Crippen LogP contribution in [0.5, 0.6) is 17.2 Å². The third-order valence-corrected chi connectivity index (χ3v) is 9.02. The Kier molecular flexibility index (Phi) is 12.7. The molecular weight excluding hydrogens is 583 g/mol. The highest BCUT2D eigenvalue weighted by molar-refractivity contribution is 5.69. The summed E-state index contributed by atoms with van der Waals surface area (Å²) in [6, 6.07) is 12.6. The van der Waals surface area contributed by atoms with Crippen molar-refractivity contribution in [3.8, 4) is 17.2 Å². The largest absolute Gasteiger partial charge is 0.508 e. The summed E-state index contributed by atoms with van der Waals surface area (Å²) < 4.78 is 69.3. The lowest BCUT2D eigenvalue weighted by molar-refractivity contribution is -0.284. The predicted molar refractivity (Wildman–Crippen MR) is 159 cm³/mol. The van der Waals surface area contributed by atoms with Gasteiger partial charge in [0.25, 0.3) is 0 Å². The Bertz CT molecular complexity index is 1180. The number of carboxylic acid groups (broad SMARTS) is 1. The Labute approximate surface area is 256 Å². The van der Waals surface area contributed by atoms with Crippen molar-refractivity contribution in [1.82, 2.24) is 0 Å². The van der Waals surface area contributed by atoms with Crippen molar-refractivity contribution in [3.05, 3.63) is 53.6 Å². The van der Waals surface area contributed by atoms with E-state index in [0.29, 0.717) is 25.2 Å². The standard InChI is InChI=1S/C34H45F5O5/c1-2-20-32(25-14-16-26(40)17-15-25)23-44-30-22-27(41)18-19-28(30)29(32)13-8-6-4-3-5-7-11-24(31(42)43)12-9-10-21-33(35,36)34(37,38)39/h14-19,22,24,29,40-41H,2-13,20-21,23H2,1H3,(H,42,43). The molecule has 1 aliphatic heterocycles. The van der Waals surface area contributed by atoms with Crippen LogP contribution in [0.4, 0.5) is 22.0 Å². The van der Waals surface area contributed by atoms with Crippen molar-refractivity contribution in [1.29, 1.82) is 0 Å². The fraction of sp³-hybridized carbons (Fsp3) is 0.618. The number of aliphatic carboxylic acids is 1. The SMILES string of the molecule is CCCC1(c2ccc(O)cc2)COc2cc(O)ccc2C1CCCCCCCCC(CCCCC(F)(F)C(F)(F)F)C(=O)O. The Morgan fingerprint density at radius 2 is 1.48 bits per heavy atom. The molecule has 0 saturated heterocycles. The quantitative estimate of drug-likeness (QED) is 0.113. The molecule has 44 heavy (non-hydrogen) atoms. The van der Waals surface area contributed by atoms with Gasteiger partial charge >= 0.3 is 18.1 Å². The van der Waals surface area contributed by atoms with Crippen LogP contribution < -0.4 is 4.74 Å². The average Bonchev–Trinajstić information content (AvgIpc) is 2.95. The number of hydrogen-bond acceptors (Lipinski definition) is 4. The van der Waals surface area contributed by atoms with E-state index in [1.807, 2.05) is 18.2 Å². The summed E-state index contributed by atoms with van der Waals surface area (Å²) in [5.74, 6) is -5.31. The van der Waals surface area contributed by atoms with Gasteiger partial charge in [-0.2, -0.15) is 22.0 Å². The van der Waals surface area contributed by atoms with E-state index < -0.39 is 30.4 Å². The van der Waals surface area contributed by atoms with E-state index in [9.17, 15) is 42.1 Å². The van der Waals surface area contributed by atoms with Crippen LogP contribution in [0.25, 0.3) is 0 Å². The summed E-state index contributed by atoms with van der Waals surface area (Å²) >= 11 is 0. The van der Waals surface area contributed by atoms with Crippen LogP contribution in [0.2, 0.25) is 0 Å². The zero-order valence-electron chi connectivity index (χ0n) is 25.4. The molecule has 246 valence electrons. The van der Waals surface area contributed by atoms with Crippen LogP contribution in [0.3, 0.4) is 0 Å². The first-order chi connectivity index (χ1) is 20.8. The molecule has 2 aromatic rings. The second-order valence-electron chi connectivity index (χ2n) is 12.2. The Balaban J connectivity index is 1.48. The monoisotopic (exact) mass is 628 g/mol. The molecular formula is C34H45F5O5. The molecule has 10 heteroatoms. The lowest BCUT2D eigenvalue weighted by atomic mass is 9.62. The number of rotatable bonds is 18. The molecule has 0 saturated carbocycles. The number of hydrogen-bond donors (Lipinski definition) is 3. The minimum absolute atomic E-state index is 0.0151. The zero-order valence-corrected chi connectivity index (χ0v) is 25.4. The van der Waals surface area contributed by atoms with Gasteiger partial charge in [-0.15, -0.1) is 0 Å². The maximum Gasteiger partial charge on any atom is 0.453 e. The number of unbranched alkanes of at least 4 members (excludes halogenated alkanes) is 6. The number of halogens is 5. The summed E-state index contributed by atoms with van der Waals surface area (Å²) in [5.41, 5.74) is 1.90. The molecule has 0 fully saturated rings. The van der Waals surface area contributed by atoms with Crippen molar-refractivity contribution >= 4 is 5.97 Å². The molecule has 0 radical (unpaired) electrons. The number of fused-ring (bicyclic) bond motifs is 1. The highest BCUT2D eigenvalue weighted by Crippen LogP contribution is 2.52. The number of alkyl halides is 5. The summed E-state index contributed by atoms with van der Waals surface area (Å²) in [7, 11) is 0. The molecule has 3 rings (SSSR count). The third kappa shape index (κ3) is 9.24. The molecule has 0 bridgehead atoms. The minimum Gasteiger partial charge on any atom is -0.508 e. The predicted octanol–water partition coefficient (Wildman–Crippen LogP) is 9.89. The Morgan fingerprint density at radius 3 is 2.09 bits per heavy atom. The highest BCUT2D eigenvalue weighted by atomic mass is 19.4. The second-order valence-corrected chi connectivity index (χ2v) is 12.2. The van der Waals surface area contributed by atoms with Crippen molar-refractivity contribution in [3.63, 3.8) is 0 Å². The van der Waals surface area contributed by atoms with E-state index in [4.69, 9.17) is 4.74 Å². The first-order valence-corrected chi connectivity index (χ1v) is 15.7. The van der Waals surface area contributed by atoms with Gasteiger partial charge in [-0.1, -0.05) is 76.5 Å². The van der Waals surface area contributed by atoms with E-state index in [0.717, 1.165) is 62.5 Å². The smallest absolute Gasteiger partial charge is 0.453 e. The number of benzene rings is 2. The molecule has 0 amide bonds. The second kappa shape index (κ2) is 15.8. The number of phenols is 2. The number of phenolic OH excluding ortho intramolecular Hbond substituents is 2. The first-order valence-electron chi connectivity index (χ1n) is 15.7. The lowest BCUT2D eigenvalue weighted by Crippen LogP contribution is -2.43. The van der Waals surface area contributed by atoms with Crippen LogP contribution in [0.15, 0.2) is 42.5 Å². The first kappa shape index (κ1) is 35.4. The Morgan fingerprint density at radius 1 is 0.886 bits per heavy atom. The molecule has 0 aliphatic carbocycles. The van der Waals surface area contributed by atoms with Gasteiger partial charge < -0.3 is 20.1 Å². The molecule has 3 N–H and O–H groups in total. The van der Waals surface area contributed by atoms with Crippen LogP contribution in [0, 0.1) is 5.92 Å². The van der Waals surface area contributed by atoms with Gasteiger partial charge in [-0.3, -0.25) is 4.79 Å². The van der Waals surface area contributed by atoms with Gasteiger partial charge in [-0.25, -0.2) is 0 Å². The van der Waals surface area contributed by atoms with Gasteiger partial charge in [-0.05, 0) is 61.4 Å². The molecule has 2 aromatic carbocycles. The van der Waals surface area contributed by atoms with Crippen molar-refractivity contribution < 1.29 is 46.8 Å². The average molecular weight is 629 g/mol. The molecule has 0 spiro atoms. The third-order valence-electron chi connectivity index (χ3n) is 9.02. The molecule has 0 aromatic heterocycles.